The molecule has 2 rings (SSSR count). The Balaban J connectivity index is 1.53. The molecule has 1 fully saturated rings. The van der Waals surface area contributed by atoms with E-state index in [9.17, 15) is 0 Å². The summed E-state index contributed by atoms with van der Waals surface area (Å²) in [5, 5.41) is 4.15. The van der Waals surface area contributed by atoms with Gasteiger partial charge in [0.25, 0.3) is 0 Å². The molecule has 1 heterocycles. The van der Waals surface area contributed by atoms with Crippen LogP contribution in [0.4, 0.5) is 0 Å². The molecule has 0 bridgehead atoms. The summed E-state index contributed by atoms with van der Waals surface area (Å²) in [5.41, 5.74) is 0. The lowest BCUT2D eigenvalue weighted by Crippen LogP contribution is -2.38. The quantitative estimate of drug-likeness (QED) is 0.748. The first-order valence-corrected chi connectivity index (χ1v) is 8.05. The third-order valence-corrected chi connectivity index (χ3v) is 3.73. The second kappa shape index (κ2) is 9.26. The maximum Gasteiger partial charge on any atom is 0.121 e. The van der Waals surface area contributed by atoms with E-state index in [1.54, 1.807) is 0 Å². The summed E-state index contributed by atoms with van der Waals surface area (Å²) in [6.45, 7) is 8.93. The lowest BCUT2D eigenvalue weighted by Gasteiger charge is -2.26. The fraction of sp³-hybridized carbons (Fsp3) is 0.625. The lowest BCUT2D eigenvalue weighted by atomic mass is 10.3. The monoisotopic (exact) mass is 312 g/mol. The van der Waals surface area contributed by atoms with E-state index in [0.29, 0.717) is 5.02 Å². The van der Waals surface area contributed by atoms with Crippen LogP contribution in [0.2, 0.25) is 5.02 Å². The van der Waals surface area contributed by atoms with E-state index in [-0.39, 0.29) is 6.10 Å². The van der Waals surface area contributed by atoms with Crippen molar-refractivity contribution in [2.75, 3.05) is 45.9 Å². The van der Waals surface area contributed by atoms with Gasteiger partial charge in [0.2, 0.25) is 0 Å². The summed E-state index contributed by atoms with van der Waals surface area (Å²) in [6, 6.07) is 7.53. The molecule has 0 spiro atoms. The number of nitrogens with zero attached hydrogens (tertiary/aromatic N) is 1. The predicted molar refractivity (Wildman–Crippen MR) is 86.3 cm³/mol. The highest BCUT2D eigenvalue weighted by Crippen LogP contribution is 2.18. The zero-order valence-electron chi connectivity index (χ0n) is 12.7. The van der Waals surface area contributed by atoms with Crippen molar-refractivity contribution in [2.45, 2.75) is 19.4 Å². The highest BCUT2D eigenvalue weighted by atomic mass is 35.5. The minimum Gasteiger partial charge on any atom is -0.489 e. The third kappa shape index (κ3) is 6.66. The smallest absolute Gasteiger partial charge is 0.121 e. The standard InChI is InChI=1S/C16H25ClN2O2/c1-14(21-16-5-2-4-15(17)12-16)13-18-6-3-7-19-8-10-20-11-9-19/h2,4-5,12,14,18H,3,6-11,13H2,1H3. The molecule has 1 N–H and O–H groups in total. The van der Waals surface area contributed by atoms with E-state index >= 15 is 0 Å². The first kappa shape index (κ1) is 16.6. The molecule has 0 saturated carbocycles. The Morgan fingerprint density at radius 1 is 1.38 bits per heavy atom. The normalized spacial score (nSPS) is 17.6. The number of morpholine rings is 1. The Hall–Kier alpha value is -0.810. The van der Waals surface area contributed by atoms with Gasteiger partial charge in [0, 0.05) is 24.7 Å². The van der Waals surface area contributed by atoms with Crippen molar-refractivity contribution >= 4 is 11.6 Å². The van der Waals surface area contributed by atoms with Crippen LogP contribution in [-0.4, -0.2) is 56.9 Å². The summed E-state index contributed by atoms with van der Waals surface area (Å²) in [7, 11) is 0. The minimum absolute atomic E-state index is 0.131. The fourth-order valence-electron chi connectivity index (χ4n) is 2.37. The lowest BCUT2D eigenvalue weighted by molar-refractivity contribution is 0.0374. The van der Waals surface area contributed by atoms with Crippen LogP contribution in [0.25, 0.3) is 0 Å². The van der Waals surface area contributed by atoms with Crippen LogP contribution in [0, 0.1) is 0 Å². The van der Waals surface area contributed by atoms with E-state index in [1.165, 1.54) is 0 Å². The third-order valence-electron chi connectivity index (χ3n) is 3.50. The van der Waals surface area contributed by atoms with Crippen molar-refractivity contribution in [1.29, 1.82) is 0 Å². The highest BCUT2D eigenvalue weighted by Gasteiger charge is 2.09. The van der Waals surface area contributed by atoms with E-state index in [2.05, 4.69) is 17.1 Å². The highest BCUT2D eigenvalue weighted by molar-refractivity contribution is 6.30. The molecule has 21 heavy (non-hydrogen) atoms. The Bertz CT molecular complexity index is 411. The van der Waals surface area contributed by atoms with E-state index < -0.39 is 0 Å². The van der Waals surface area contributed by atoms with Crippen molar-refractivity contribution in [2.24, 2.45) is 0 Å². The topological polar surface area (TPSA) is 33.7 Å². The van der Waals surface area contributed by atoms with Crippen LogP contribution >= 0.6 is 11.6 Å². The van der Waals surface area contributed by atoms with Crippen LogP contribution in [0.15, 0.2) is 24.3 Å². The number of benzene rings is 1. The SMILES string of the molecule is CC(CNCCCN1CCOCC1)Oc1cccc(Cl)c1. The van der Waals surface area contributed by atoms with Gasteiger partial charge in [0.05, 0.1) is 13.2 Å². The molecule has 1 aromatic carbocycles. The molecule has 0 amide bonds. The predicted octanol–water partition coefficient (Wildman–Crippen LogP) is 2.42. The molecule has 1 atom stereocenters. The number of halogens is 1. The van der Waals surface area contributed by atoms with Gasteiger partial charge in [0.1, 0.15) is 11.9 Å². The average molecular weight is 313 g/mol. The molecular formula is C16H25ClN2O2. The molecule has 1 unspecified atom stereocenters. The maximum atomic E-state index is 5.94. The Labute approximate surface area is 132 Å². The molecule has 1 saturated heterocycles. The number of ether oxygens (including phenoxy) is 2. The summed E-state index contributed by atoms with van der Waals surface area (Å²) in [5.74, 6) is 0.824. The van der Waals surface area contributed by atoms with Crippen LogP contribution in [0.1, 0.15) is 13.3 Å². The second-order valence-electron chi connectivity index (χ2n) is 5.40. The molecule has 1 aliphatic rings. The van der Waals surface area contributed by atoms with Gasteiger partial charge in [-0.3, -0.25) is 4.90 Å². The summed E-state index contributed by atoms with van der Waals surface area (Å²) < 4.78 is 11.2. The van der Waals surface area contributed by atoms with Crippen LogP contribution in [0.5, 0.6) is 5.75 Å². The number of hydrogen-bond acceptors (Lipinski definition) is 4. The molecule has 0 aliphatic carbocycles. The van der Waals surface area contributed by atoms with Crippen LogP contribution in [0.3, 0.4) is 0 Å². The maximum absolute atomic E-state index is 5.94. The van der Waals surface area contributed by atoms with Gasteiger partial charge in [-0.05, 0) is 44.6 Å². The average Bonchev–Trinajstić information content (AvgIpc) is 2.48. The van der Waals surface area contributed by atoms with Gasteiger partial charge in [-0.15, -0.1) is 0 Å². The largest absolute Gasteiger partial charge is 0.489 e. The number of rotatable bonds is 8. The molecule has 4 nitrogen and oxygen atoms in total. The number of nitrogens with one attached hydrogen (secondary N) is 1. The molecule has 1 aliphatic heterocycles. The van der Waals surface area contributed by atoms with Crippen molar-refractivity contribution < 1.29 is 9.47 Å². The van der Waals surface area contributed by atoms with Crippen LogP contribution in [-0.2, 0) is 4.74 Å². The van der Waals surface area contributed by atoms with Gasteiger partial charge < -0.3 is 14.8 Å². The molecule has 0 aromatic heterocycles. The fourth-order valence-corrected chi connectivity index (χ4v) is 2.55. The molecule has 1 aromatic rings. The van der Waals surface area contributed by atoms with Crippen molar-refractivity contribution in [3.63, 3.8) is 0 Å². The van der Waals surface area contributed by atoms with Crippen molar-refractivity contribution in [3.8, 4) is 5.75 Å². The second-order valence-corrected chi connectivity index (χ2v) is 5.83. The number of hydrogen-bond donors (Lipinski definition) is 1. The molecule has 118 valence electrons. The van der Waals surface area contributed by atoms with E-state index in [0.717, 1.165) is 58.1 Å². The van der Waals surface area contributed by atoms with Crippen molar-refractivity contribution in [3.05, 3.63) is 29.3 Å². The van der Waals surface area contributed by atoms with Gasteiger partial charge in [-0.2, -0.15) is 0 Å². The minimum atomic E-state index is 0.131. The first-order valence-electron chi connectivity index (χ1n) is 7.67. The van der Waals surface area contributed by atoms with Gasteiger partial charge >= 0.3 is 0 Å². The van der Waals surface area contributed by atoms with Gasteiger partial charge in [-0.25, -0.2) is 0 Å². The Kier molecular flexibility index (Phi) is 7.30. The summed E-state index contributed by atoms with van der Waals surface area (Å²) in [6.07, 6.45) is 1.29. The summed E-state index contributed by atoms with van der Waals surface area (Å²) >= 11 is 5.94. The van der Waals surface area contributed by atoms with Crippen LogP contribution < -0.4 is 10.1 Å². The molecule has 0 radical (unpaired) electrons. The first-order chi connectivity index (χ1) is 10.2. The van der Waals surface area contributed by atoms with Gasteiger partial charge in [0.15, 0.2) is 0 Å². The van der Waals surface area contributed by atoms with E-state index in [4.69, 9.17) is 21.1 Å². The van der Waals surface area contributed by atoms with Gasteiger partial charge in [-0.1, -0.05) is 17.7 Å². The Morgan fingerprint density at radius 2 is 2.19 bits per heavy atom. The molecular weight excluding hydrogens is 288 g/mol. The zero-order chi connectivity index (χ0) is 14.9. The van der Waals surface area contributed by atoms with E-state index in [1.807, 2.05) is 24.3 Å². The zero-order valence-corrected chi connectivity index (χ0v) is 13.4. The summed E-state index contributed by atoms with van der Waals surface area (Å²) in [4.78, 5) is 2.46. The van der Waals surface area contributed by atoms with Crippen molar-refractivity contribution in [1.82, 2.24) is 10.2 Å². The Morgan fingerprint density at radius 3 is 2.95 bits per heavy atom. The molecule has 5 heteroatoms.